The molecule has 0 bridgehead atoms. The molecular formula is C24H32FN5O2. The lowest BCUT2D eigenvalue weighted by atomic mass is 10.0. The molecule has 2 aromatic rings. The summed E-state index contributed by atoms with van der Waals surface area (Å²) >= 11 is 0. The van der Waals surface area contributed by atoms with Crippen LogP contribution in [0.4, 0.5) is 15.8 Å². The van der Waals surface area contributed by atoms with Gasteiger partial charge in [-0.2, -0.15) is 0 Å². The van der Waals surface area contributed by atoms with Gasteiger partial charge in [-0.3, -0.25) is 19.9 Å². The minimum absolute atomic E-state index is 0.0749. The summed E-state index contributed by atoms with van der Waals surface area (Å²) < 4.78 is 14.9. The Labute approximate surface area is 188 Å². The minimum atomic E-state index is -0.490. The number of benzene rings is 2. The van der Waals surface area contributed by atoms with Crippen LogP contribution < -0.4 is 21.5 Å². The summed E-state index contributed by atoms with van der Waals surface area (Å²) in [6.07, 6.45) is 1.50. The van der Waals surface area contributed by atoms with Crippen molar-refractivity contribution in [3.05, 3.63) is 59.9 Å². The number of carbonyl (C=O) groups is 2. The first-order valence-corrected chi connectivity index (χ1v) is 11.1. The van der Waals surface area contributed by atoms with E-state index >= 15 is 0 Å². The maximum atomic E-state index is 14.9. The number of carbonyl (C=O) groups excluding carboxylic acids is 2. The molecule has 1 saturated heterocycles. The Morgan fingerprint density at radius 2 is 1.66 bits per heavy atom. The molecule has 0 radical (unpaired) electrons. The average Bonchev–Trinajstić information content (AvgIpc) is 2.81. The van der Waals surface area contributed by atoms with Crippen LogP contribution in [-0.4, -0.2) is 42.9 Å². The Hall–Kier alpha value is -2.97. The third-order valence-electron chi connectivity index (χ3n) is 6.10. The fourth-order valence-electron chi connectivity index (χ4n) is 4.21. The highest BCUT2D eigenvalue weighted by atomic mass is 19.1. The van der Waals surface area contributed by atoms with Gasteiger partial charge >= 0.3 is 0 Å². The summed E-state index contributed by atoms with van der Waals surface area (Å²) in [6, 6.07) is 13.8. The van der Waals surface area contributed by atoms with Crippen LogP contribution in [-0.2, 0) is 9.59 Å². The van der Waals surface area contributed by atoms with E-state index in [0.29, 0.717) is 37.6 Å². The third-order valence-corrected chi connectivity index (χ3v) is 6.10. The van der Waals surface area contributed by atoms with Gasteiger partial charge < -0.3 is 10.2 Å². The number of halogens is 1. The standard InChI is InChI=1S/C24H32FN5O2/c1-3-17(4-2)23(31)27-19-10-11-21(20(25)16-19)29-12-14-30(15-13-29)22(24(32)28-26)18-8-6-5-7-9-18/h5-11,16-17,22H,3-4,12-15,26H2,1-2H3,(H,27,31)(H,28,32). The van der Waals surface area contributed by atoms with E-state index in [4.69, 9.17) is 5.84 Å². The number of amides is 2. The van der Waals surface area contributed by atoms with Crippen molar-refractivity contribution in [2.24, 2.45) is 11.8 Å². The molecule has 0 aliphatic carbocycles. The molecule has 4 N–H and O–H groups in total. The molecule has 2 aromatic carbocycles. The molecule has 8 heteroatoms. The van der Waals surface area contributed by atoms with E-state index in [1.807, 2.05) is 49.1 Å². The third kappa shape index (κ3) is 5.44. The molecule has 2 amide bonds. The molecule has 0 spiro atoms. The van der Waals surface area contributed by atoms with Crippen LogP contribution in [0, 0.1) is 11.7 Å². The van der Waals surface area contributed by atoms with E-state index in [1.54, 1.807) is 12.1 Å². The lowest BCUT2D eigenvalue weighted by Crippen LogP contribution is -2.52. The van der Waals surface area contributed by atoms with Gasteiger partial charge in [-0.05, 0) is 36.6 Å². The summed E-state index contributed by atoms with van der Waals surface area (Å²) in [7, 11) is 0. The molecule has 1 heterocycles. The van der Waals surface area contributed by atoms with Crippen molar-refractivity contribution in [2.75, 3.05) is 36.4 Å². The lowest BCUT2D eigenvalue weighted by molar-refractivity contribution is -0.127. The van der Waals surface area contributed by atoms with Crippen LogP contribution in [0.3, 0.4) is 0 Å². The van der Waals surface area contributed by atoms with E-state index in [9.17, 15) is 14.0 Å². The Kier molecular flexibility index (Phi) is 8.19. The number of nitrogens with zero attached hydrogens (tertiary/aromatic N) is 2. The lowest BCUT2D eigenvalue weighted by Gasteiger charge is -2.39. The predicted octanol–water partition coefficient (Wildman–Crippen LogP) is 3.05. The van der Waals surface area contributed by atoms with Crippen molar-refractivity contribution in [2.45, 2.75) is 32.7 Å². The molecule has 1 aliphatic heterocycles. The average molecular weight is 442 g/mol. The monoisotopic (exact) mass is 441 g/mol. The van der Waals surface area contributed by atoms with Crippen LogP contribution in [0.2, 0.25) is 0 Å². The number of nitrogens with one attached hydrogen (secondary N) is 2. The number of hydrogen-bond donors (Lipinski definition) is 3. The zero-order chi connectivity index (χ0) is 23.1. The highest BCUT2D eigenvalue weighted by molar-refractivity contribution is 5.92. The number of rotatable bonds is 8. The van der Waals surface area contributed by atoms with Gasteiger partial charge in [0.25, 0.3) is 5.91 Å². The van der Waals surface area contributed by atoms with Crippen LogP contribution in [0.5, 0.6) is 0 Å². The van der Waals surface area contributed by atoms with Gasteiger partial charge in [0.05, 0.1) is 5.69 Å². The predicted molar refractivity (Wildman–Crippen MR) is 124 cm³/mol. The first-order chi connectivity index (χ1) is 15.5. The van der Waals surface area contributed by atoms with Crippen molar-refractivity contribution >= 4 is 23.2 Å². The second-order valence-electron chi connectivity index (χ2n) is 8.01. The van der Waals surface area contributed by atoms with Gasteiger partial charge in [0.15, 0.2) is 0 Å². The fourth-order valence-corrected chi connectivity index (χ4v) is 4.21. The number of hydrogen-bond acceptors (Lipinski definition) is 5. The van der Waals surface area contributed by atoms with E-state index in [2.05, 4.69) is 15.6 Å². The van der Waals surface area contributed by atoms with Gasteiger partial charge in [0.2, 0.25) is 5.91 Å². The van der Waals surface area contributed by atoms with Crippen LogP contribution in [0.25, 0.3) is 0 Å². The Balaban J connectivity index is 1.66. The van der Waals surface area contributed by atoms with E-state index in [1.165, 1.54) is 6.07 Å². The van der Waals surface area contributed by atoms with E-state index in [0.717, 1.165) is 18.4 Å². The van der Waals surface area contributed by atoms with Gasteiger partial charge in [0, 0.05) is 37.8 Å². The van der Waals surface area contributed by atoms with Gasteiger partial charge in [-0.1, -0.05) is 44.2 Å². The number of nitrogens with two attached hydrogens (primary N) is 1. The summed E-state index contributed by atoms with van der Waals surface area (Å²) in [5.41, 5.74) is 4.08. The first kappa shape index (κ1) is 23.7. The maximum absolute atomic E-state index is 14.9. The normalized spacial score (nSPS) is 15.5. The molecule has 1 fully saturated rings. The molecule has 3 rings (SSSR count). The Morgan fingerprint density at radius 1 is 1.00 bits per heavy atom. The molecule has 1 aliphatic rings. The van der Waals surface area contributed by atoms with Crippen molar-refractivity contribution in [1.82, 2.24) is 10.3 Å². The SMILES string of the molecule is CCC(CC)C(=O)Nc1ccc(N2CCN(C(C(=O)NN)c3ccccc3)CC2)c(F)c1. The summed E-state index contributed by atoms with van der Waals surface area (Å²) in [5.74, 6) is 4.62. The van der Waals surface area contributed by atoms with Crippen molar-refractivity contribution in [3.63, 3.8) is 0 Å². The largest absolute Gasteiger partial charge is 0.367 e. The van der Waals surface area contributed by atoms with E-state index in [-0.39, 0.29) is 23.5 Å². The molecular weight excluding hydrogens is 409 g/mol. The van der Waals surface area contributed by atoms with Crippen LogP contribution >= 0.6 is 0 Å². The summed E-state index contributed by atoms with van der Waals surface area (Å²) in [6.45, 7) is 6.24. The zero-order valence-electron chi connectivity index (χ0n) is 18.7. The highest BCUT2D eigenvalue weighted by Crippen LogP contribution is 2.27. The molecule has 0 aromatic heterocycles. The summed E-state index contributed by atoms with van der Waals surface area (Å²) in [5, 5.41) is 2.81. The number of anilines is 2. The van der Waals surface area contributed by atoms with Crippen LogP contribution in [0.15, 0.2) is 48.5 Å². The molecule has 1 unspecified atom stereocenters. The Morgan fingerprint density at radius 3 is 2.22 bits per heavy atom. The number of piperazine rings is 1. The van der Waals surface area contributed by atoms with Crippen molar-refractivity contribution in [3.8, 4) is 0 Å². The first-order valence-electron chi connectivity index (χ1n) is 11.1. The zero-order valence-corrected chi connectivity index (χ0v) is 18.7. The molecule has 172 valence electrons. The summed E-state index contributed by atoms with van der Waals surface area (Å²) in [4.78, 5) is 28.7. The Bertz CT molecular complexity index is 912. The smallest absolute Gasteiger partial charge is 0.255 e. The number of hydrazine groups is 1. The van der Waals surface area contributed by atoms with Gasteiger partial charge in [-0.25, -0.2) is 10.2 Å². The molecule has 32 heavy (non-hydrogen) atoms. The van der Waals surface area contributed by atoms with Crippen molar-refractivity contribution < 1.29 is 14.0 Å². The van der Waals surface area contributed by atoms with Gasteiger partial charge in [0.1, 0.15) is 11.9 Å². The van der Waals surface area contributed by atoms with Crippen molar-refractivity contribution in [1.29, 1.82) is 0 Å². The fraction of sp³-hybridized carbons (Fsp3) is 0.417. The second kappa shape index (κ2) is 11.1. The quantitative estimate of drug-likeness (QED) is 0.333. The van der Waals surface area contributed by atoms with Crippen LogP contribution in [0.1, 0.15) is 38.3 Å². The molecule has 1 atom stereocenters. The van der Waals surface area contributed by atoms with E-state index < -0.39 is 6.04 Å². The highest BCUT2D eigenvalue weighted by Gasteiger charge is 2.30. The maximum Gasteiger partial charge on any atom is 0.255 e. The second-order valence-corrected chi connectivity index (χ2v) is 8.01. The molecule has 7 nitrogen and oxygen atoms in total. The minimum Gasteiger partial charge on any atom is -0.367 e. The molecule has 0 saturated carbocycles. The van der Waals surface area contributed by atoms with Gasteiger partial charge in [-0.15, -0.1) is 0 Å². The topological polar surface area (TPSA) is 90.7 Å².